The molecule has 6 heteroatoms. The van der Waals surface area contributed by atoms with E-state index in [0.29, 0.717) is 16.3 Å². The largest absolute Gasteiger partial charge is 0.356 e. The summed E-state index contributed by atoms with van der Waals surface area (Å²) in [5, 5.41) is 5.71. The van der Waals surface area contributed by atoms with Gasteiger partial charge in [-0.15, -0.1) is 11.8 Å². The lowest BCUT2D eigenvalue weighted by Crippen LogP contribution is -2.31. The first-order chi connectivity index (χ1) is 11.7. The fourth-order valence-corrected chi connectivity index (χ4v) is 4.34. The predicted octanol–water partition coefficient (Wildman–Crippen LogP) is 4.30. The number of amides is 1. The van der Waals surface area contributed by atoms with Gasteiger partial charge in [0.2, 0.25) is 5.91 Å². The molecule has 1 fully saturated rings. The van der Waals surface area contributed by atoms with E-state index in [9.17, 15) is 4.79 Å². The molecule has 4 nitrogen and oxygen atoms in total. The van der Waals surface area contributed by atoms with Crippen LogP contribution in [0, 0.1) is 0 Å². The molecule has 24 heavy (non-hydrogen) atoms. The highest BCUT2D eigenvalue weighted by molar-refractivity contribution is 7.99. The molecule has 1 saturated heterocycles. The Hall–Kier alpha value is -1.98. The van der Waals surface area contributed by atoms with Crippen LogP contribution >= 0.6 is 23.4 Å². The third-order valence-electron chi connectivity index (χ3n) is 4.14. The molecule has 0 saturated carbocycles. The number of hydrogen-bond acceptors (Lipinski definition) is 4. The third kappa shape index (κ3) is 2.89. The van der Waals surface area contributed by atoms with Crippen LogP contribution in [-0.4, -0.2) is 28.3 Å². The van der Waals surface area contributed by atoms with E-state index in [0.717, 1.165) is 23.2 Å². The fraction of sp³-hybridized carbons (Fsp3) is 0.222. The molecule has 122 valence electrons. The maximum absolute atomic E-state index is 12.8. The SMILES string of the molecule is O=C(Cc1noc2ccccc12)N1CCSC1c1ccc(Cl)cc1. The van der Waals surface area contributed by atoms with Crippen molar-refractivity contribution in [2.45, 2.75) is 11.8 Å². The maximum atomic E-state index is 12.8. The lowest BCUT2D eigenvalue weighted by Gasteiger charge is -2.24. The number of carbonyl (C=O) groups excluding carboxylic acids is 1. The quantitative estimate of drug-likeness (QED) is 0.700. The summed E-state index contributed by atoms with van der Waals surface area (Å²) in [7, 11) is 0. The first-order valence-electron chi connectivity index (χ1n) is 7.72. The van der Waals surface area contributed by atoms with E-state index < -0.39 is 0 Å². The molecule has 2 heterocycles. The second-order valence-corrected chi connectivity index (χ2v) is 7.29. The van der Waals surface area contributed by atoms with Crippen LogP contribution in [-0.2, 0) is 11.2 Å². The van der Waals surface area contributed by atoms with Crippen LogP contribution in [0.4, 0.5) is 0 Å². The smallest absolute Gasteiger partial charge is 0.229 e. The van der Waals surface area contributed by atoms with Crippen LogP contribution < -0.4 is 0 Å². The molecular formula is C18H15ClN2O2S. The Morgan fingerprint density at radius 3 is 2.88 bits per heavy atom. The van der Waals surface area contributed by atoms with Gasteiger partial charge in [-0.3, -0.25) is 4.79 Å². The Labute approximate surface area is 148 Å². The zero-order valence-electron chi connectivity index (χ0n) is 12.8. The molecule has 0 bridgehead atoms. The molecule has 0 N–H and O–H groups in total. The van der Waals surface area contributed by atoms with E-state index >= 15 is 0 Å². The molecule has 1 amide bonds. The van der Waals surface area contributed by atoms with Crippen molar-refractivity contribution in [2.24, 2.45) is 0 Å². The van der Waals surface area contributed by atoms with Crippen LogP contribution in [0.3, 0.4) is 0 Å². The minimum atomic E-state index is 0.0351. The zero-order valence-corrected chi connectivity index (χ0v) is 14.4. The molecule has 1 atom stereocenters. The molecule has 1 unspecified atom stereocenters. The molecule has 1 aliphatic heterocycles. The summed E-state index contributed by atoms with van der Waals surface area (Å²) in [4.78, 5) is 14.7. The Balaban J connectivity index is 1.56. The standard InChI is InChI=1S/C18H15ClN2O2S/c19-13-7-5-12(6-8-13)18-21(9-10-24-18)17(22)11-15-14-3-1-2-4-16(14)23-20-15/h1-8,18H,9-11H2. The summed E-state index contributed by atoms with van der Waals surface area (Å²) in [6.07, 6.45) is 0.252. The van der Waals surface area contributed by atoms with Gasteiger partial charge < -0.3 is 9.42 Å². The van der Waals surface area contributed by atoms with Crippen molar-refractivity contribution in [3.63, 3.8) is 0 Å². The summed E-state index contributed by atoms with van der Waals surface area (Å²) in [6.45, 7) is 0.743. The van der Waals surface area contributed by atoms with Crippen molar-refractivity contribution in [1.29, 1.82) is 0 Å². The Morgan fingerprint density at radius 2 is 2.04 bits per heavy atom. The number of para-hydroxylation sites is 1. The molecule has 0 spiro atoms. The van der Waals surface area contributed by atoms with Crippen molar-refractivity contribution in [1.82, 2.24) is 10.1 Å². The van der Waals surface area contributed by atoms with Crippen molar-refractivity contribution in [2.75, 3.05) is 12.3 Å². The number of hydrogen-bond donors (Lipinski definition) is 0. The highest BCUT2D eigenvalue weighted by Gasteiger charge is 2.31. The average molecular weight is 359 g/mol. The van der Waals surface area contributed by atoms with Crippen LogP contribution in [0.2, 0.25) is 5.02 Å². The first-order valence-corrected chi connectivity index (χ1v) is 9.15. The topological polar surface area (TPSA) is 46.3 Å². The molecule has 0 radical (unpaired) electrons. The van der Waals surface area contributed by atoms with Gasteiger partial charge in [0, 0.05) is 22.7 Å². The van der Waals surface area contributed by atoms with Crippen molar-refractivity contribution >= 4 is 40.2 Å². The first kappa shape index (κ1) is 15.5. The van der Waals surface area contributed by atoms with Crippen LogP contribution in [0.25, 0.3) is 11.0 Å². The third-order valence-corrected chi connectivity index (χ3v) is 5.65. The molecule has 1 aliphatic rings. The molecular weight excluding hydrogens is 344 g/mol. The Bertz CT molecular complexity index is 878. The summed E-state index contributed by atoms with van der Waals surface area (Å²) in [6, 6.07) is 15.3. The van der Waals surface area contributed by atoms with Crippen LogP contribution in [0.5, 0.6) is 0 Å². The van der Waals surface area contributed by atoms with E-state index in [4.69, 9.17) is 16.1 Å². The molecule has 4 rings (SSSR count). The summed E-state index contributed by atoms with van der Waals surface area (Å²) in [5.41, 5.74) is 2.51. The maximum Gasteiger partial charge on any atom is 0.229 e. The minimum Gasteiger partial charge on any atom is -0.356 e. The second-order valence-electron chi connectivity index (χ2n) is 5.66. The summed E-state index contributed by atoms with van der Waals surface area (Å²) < 4.78 is 5.30. The molecule has 0 aliphatic carbocycles. The highest BCUT2D eigenvalue weighted by atomic mass is 35.5. The predicted molar refractivity (Wildman–Crippen MR) is 96.1 cm³/mol. The zero-order chi connectivity index (χ0) is 16.5. The van der Waals surface area contributed by atoms with E-state index in [-0.39, 0.29) is 17.7 Å². The summed E-state index contributed by atoms with van der Waals surface area (Å²) in [5.74, 6) is 0.998. The number of halogens is 1. The number of rotatable bonds is 3. The highest BCUT2D eigenvalue weighted by Crippen LogP contribution is 2.38. The van der Waals surface area contributed by atoms with Gasteiger partial charge in [0.05, 0.1) is 6.42 Å². The number of thioether (sulfide) groups is 1. The molecule has 1 aromatic heterocycles. The van der Waals surface area contributed by atoms with E-state index in [1.165, 1.54) is 0 Å². The van der Waals surface area contributed by atoms with Gasteiger partial charge >= 0.3 is 0 Å². The van der Waals surface area contributed by atoms with Crippen molar-refractivity contribution in [3.05, 3.63) is 64.8 Å². The number of fused-ring (bicyclic) bond motifs is 1. The van der Waals surface area contributed by atoms with Gasteiger partial charge in [-0.1, -0.05) is 41.0 Å². The number of aromatic nitrogens is 1. The van der Waals surface area contributed by atoms with Crippen molar-refractivity contribution in [3.8, 4) is 0 Å². The van der Waals surface area contributed by atoms with Crippen molar-refractivity contribution < 1.29 is 9.32 Å². The second kappa shape index (κ2) is 6.49. The lowest BCUT2D eigenvalue weighted by molar-refractivity contribution is -0.130. The van der Waals surface area contributed by atoms with Gasteiger partial charge in [-0.05, 0) is 29.8 Å². The van der Waals surface area contributed by atoms with Gasteiger partial charge in [-0.25, -0.2) is 0 Å². The minimum absolute atomic E-state index is 0.0351. The summed E-state index contributed by atoms with van der Waals surface area (Å²) >= 11 is 7.73. The van der Waals surface area contributed by atoms with E-state index in [1.807, 2.05) is 53.4 Å². The number of benzene rings is 2. The lowest BCUT2D eigenvalue weighted by atomic mass is 10.1. The normalized spacial score (nSPS) is 17.5. The number of nitrogens with zero attached hydrogens (tertiary/aromatic N) is 2. The molecule has 2 aromatic carbocycles. The van der Waals surface area contributed by atoms with Gasteiger partial charge in [-0.2, -0.15) is 0 Å². The number of carbonyl (C=O) groups is 1. The Morgan fingerprint density at radius 1 is 1.25 bits per heavy atom. The van der Waals surface area contributed by atoms with Crippen LogP contribution in [0.1, 0.15) is 16.6 Å². The Kier molecular flexibility index (Phi) is 4.21. The molecule has 3 aromatic rings. The van der Waals surface area contributed by atoms with Gasteiger partial charge in [0.1, 0.15) is 11.1 Å². The van der Waals surface area contributed by atoms with Gasteiger partial charge in [0.15, 0.2) is 5.58 Å². The van der Waals surface area contributed by atoms with Gasteiger partial charge in [0.25, 0.3) is 0 Å². The van der Waals surface area contributed by atoms with E-state index in [2.05, 4.69) is 5.16 Å². The average Bonchev–Trinajstić information content (AvgIpc) is 3.23. The van der Waals surface area contributed by atoms with Crippen LogP contribution in [0.15, 0.2) is 53.1 Å². The van der Waals surface area contributed by atoms with E-state index in [1.54, 1.807) is 11.8 Å². The fourth-order valence-electron chi connectivity index (χ4n) is 2.94. The monoisotopic (exact) mass is 358 g/mol.